The molecule has 0 spiro atoms. The summed E-state index contributed by atoms with van der Waals surface area (Å²) < 4.78 is 0. The number of piperidine rings is 1. The second-order valence-corrected chi connectivity index (χ2v) is 3.95. The molecule has 1 aliphatic heterocycles. The van der Waals surface area contributed by atoms with Crippen LogP contribution in [0, 0.1) is 5.92 Å². The summed E-state index contributed by atoms with van der Waals surface area (Å²) in [5.74, 6) is 0.783. The van der Waals surface area contributed by atoms with Crippen LogP contribution in [-0.2, 0) is 10.2 Å². The molecule has 2 nitrogen and oxygen atoms in total. The zero-order chi connectivity index (χ0) is 8.89. The number of benzene rings is 1. The van der Waals surface area contributed by atoms with Crippen LogP contribution in [0.5, 0.6) is 0 Å². The Bertz CT molecular complexity index is 360. The first-order chi connectivity index (χ1) is 6.34. The number of hydrogen-bond acceptors (Lipinski definition) is 1. The molecule has 1 amide bonds. The molecule has 2 aliphatic rings. The first kappa shape index (κ1) is 7.13. The van der Waals surface area contributed by atoms with Crippen molar-refractivity contribution in [1.29, 1.82) is 0 Å². The summed E-state index contributed by atoms with van der Waals surface area (Å²) in [5, 5.41) is 2.92. The van der Waals surface area contributed by atoms with Crippen LogP contribution in [-0.4, -0.2) is 12.5 Å². The van der Waals surface area contributed by atoms with E-state index >= 15 is 0 Å². The largest absolute Gasteiger partial charge is 0.355 e. The van der Waals surface area contributed by atoms with Crippen LogP contribution < -0.4 is 5.32 Å². The van der Waals surface area contributed by atoms with E-state index in [1.807, 2.05) is 18.2 Å². The van der Waals surface area contributed by atoms with Gasteiger partial charge in [-0.2, -0.15) is 0 Å². The van der Waals surface area contributed by atoms with Crippen LogP contribution in [0.2, 0.25) is 0 Å². The third-order valence-corrected chi connectivity index (χ3v) is 3.31. The Labute approximate surface area is 77.0 Å². The Morgan fingerprint density at radius 2 is 2.08 bits per heavy atom. The standard InChI is InChI=1S/C11H11NO/c13-10-11(6-9(11)7-12-10)8-4-2-1-3-5-8/h1-5,9H,6-7H2,(H,12,13)/t9-,11+/m1/s1. The van der Waals surface area contributed by atoms with Crippen LogP contribution >= 0.6 is 0 Å². The Kier molecular flexibility index (Phi) is 1.17. The van der Waals surface area contributed by atoms with Crippen molar-refractivity contribution >= 4 is 5.91 Å². The molecule has 2 fully saturated rings. The van der Waals surface area contributed by atoms with E-state index in [2.05, 4.69) is 17.4 Å². The average molecular weight is 173 g/mol. The molecular weight excluding hydrogens is 162 g/mol. The van der Waals surface area contributed by atoms with Crippen molar-refractivity contribution in [2.45, 2.75) is 11.8 Å². The molecule has 1 N–H and O–H groups in total. The van der Waals surface area contributed by atoms with E-state index in [1.54, 1.807) is 0 Å². The SMILES string of the molecule is O=C1NC[C@H]2C[C@@]12c1ccccc1. The number of carbonyl (C=O) groups is 1. The molecule has 1 aromatic rings. The minimum Gasteiger partial charge on any atom is -0.355 e. The third-order valence-electron chi connectivity index (χ3n) is 3.31. The fraction of sp³-hybridized carbons (Fsp3) is 0.364. The van der Waals surface area contributed by atoms with Gasteiger partial charge in [0, 0.05) is 6.54 Å². The van der Waals surface area contributed by atoms with Crippen molar-refractivity contribution in [2.24, 2.45) is 5.92 Å². The highest BCUT2D eigenvalue weighted by atomic mass is 16.2. The predicted octanol–water partition coefficient (Wildman–Crippen LogP) is 1.07. The minimum absolute atomic E-state index is 0.138. The maximum absolute atomic E-state index is 11.6. The zero-order valence-electron chi connectivity index (χ0n) is 7.29. The van der Waals surface area contributed by atoms with Crippen LogP contribution in [0.15, 0.2) is 30.3 Å². The molecular formula is C11H11NO. The summed E-state index contributed by atoms with van der Waals surface area (Å²) in [6, 6.07) is 10.1. The van der Waals surface area contributed by atoms with Crippen LogP contribution in [0.1, 0.15) is 12.0 Å². The molecule has 13 heavy (non-hydrogen) atoms. The van der Waals surface area contributed by atoms with Gasteiger partial charge < -0.3 is 5.32 Å². The first-order valence-corrected chi connectivity index (χ1v) is 4.68. The summed E-state index contributed by atoms with van der Waals surface area (Å²) in [7, 11) is 0. The van der Waals surface area contributed by atoms with E-state index in [-0.39, 0.29) is 11.3 Å². The summed E-state index contributed by atoms with van der Waals surface area (Å²) in [6.07, 6.45) is 1.04. The lowest BCUT2D eigenvalue weighted by Crippen LogP contribution is -2.27. The molecule has 0 unspecified atom stereocenters. The maximum atomic E-state index is 11.6. The lowest BCUT2D eigenvalue weighted by Gasteiger charge is -2.09. The second kappa shape index (κ2) is 2.13. The third kappa shape index (κ3) is 0.755. The topological polar surface area (TPSA) is 29.1 Å². The Hall–Kier alpha value is -1.31. The lowest BCUT2D eigenvalue weighted by molar-refractivity contribution is -0.122. The Balaban J connectivity index is 2.07. The maximum Gasteiger partial charge on any atom is 0.231 e. The molecule has 0 aromatic heterocycles. The number of carbonyl (C=O) groups excluding carboxylic acids is 1. The van der Waals surface area contributed by atoms with E-state index in [1.165, 1.54) is 5.56 Å². The van der Waals surface area contributed by atoms with Crippen molar-refractivity contribution in [3.63, 3.8) is 0 Å². The molecule has 3 rings (SSSR count). The average Bonchev–Trinajstić information content (AvgIpc) is 2.84. The van der Waals surface area contributed by atoms with Crippen LogP contribution in [0.3, 0.4) is 0 Å². The summed E-state index contributed by atoms with van der Waals surface area (Å²) in [6.45, 7) is 0.869. The second-order valence-electron chi connectivity index (χ2n) is 3.95. The molecule has 66 valence electrons. The van der Waals surface area contributed by atoms with Crippen molar-refractivity contribution in [3.8, 4) is 0 Å². The van der Waals surface area contributed by atoms with Crippen molar-refractivity contribution in [1.82, 2.24) is 5.32 Å². The smallest absolute Gasteiger partial charge is 0.231 e. The Morgan fingerprint density at radius 1 is 1.31 bits per heavy atom. The molecule has 1 heterocycles. The quantitative estimate of drug-likeness (QED) is 0.676. The molecule has 1 aromatic carbocycles. The molecule has 0 radical (unpaired) electrons. The summed E-state index contributed by atoms with van der Waals surface area (Å²) in [5.41, 5.74) is 1.05. The van der Waals surface area contributed by atoms with Gasteiger partial charge in [0.2, 0.25) is 5.91 Å². The number of hydrogen-bond donors (Lipinski definition) is 1. The molecule has 0 bridgehead atoms. The molecule has 2 heteroatoms. The molecule has 1 saturated carbocycles. The predicted molar refractivity (Wildman–Crippen MR) is 49.2 cm³/mol. The number of rotatable bonds is 1. The van der Waals surface area contributed by atoms with Gasteiger partial charge in [0.25, 0.3) is 0 Å². The highest BCUT2D eigenvalue weighted by Crippen LogP contribution is 2.56. The van der Waals surface area contributed by atoms with Crippen LogP contribution in [0.4, 0.5) is 0 Å². The molecule has 1 saturated heterocycles. The minimum atomic E-state index is -0.138. The van der Waals surface area contributed by atoms with Gasteiger partial charge in [-0.15, -0.1) is 0 Å². The monoisotopic (exact) mass is 173 g/mol. The van der Waals surface area contributed by atoms with E-state index in [0.717, 1.165) is 13.0 Å². The van der Waals surface area contributed by atoms with Gasteiger partial charge in [-0.3, -0.25) is 4.79 Å². The fourth-order valence-corrected chi connectivity index (χ4v) is 2.45. The number of amides is 1. The van der Waals surface area contributed by atoms with Gasteiger partial charge in [0.15, 0.2) is 0 Å². The molecule has 1 aliphatic carbocycles. The fourth-order valence-electron chi connectivity index (χ4n) is 2.45. The van der Waals surface area contributed by atoms with Crippen molar-refractivity contribution in [3.05, 3.63) is 35.9 Å². The normalized spacial score (nSPS) is 35.4. The van der Waals surface area contributed by atoms with Crippen molar-refractivity contribution in [2.75, 3.05) is 6.54 Å². The van der Waals surface area contributed by atoms with E-state index in [9.17, 15) is 4.79 Å². The lowest BCUT2D eigenvalue weighted by atomic mass is 9.94. The van der Waals surface area contributed by atoms with Crippen LogP contribution in [0.25, 0.3) is 0 Å². The highest BCUT2D eigenvalue weighted by molar-refractivity contribution is 5.94. The number of nitrogens with one attached hydrogen (secondary N) is 1. The summed E-state index contributed by atoms with van der Waals surface area (Å²) >= 11 is 0. The van der Waals surface area contributed by atoms with E-state index in [4.69, 9.17) is 0 Å². The molecule has 2 atom stereocenters. The van der Waals surface area contributed by atoms with Gasteiger partial charge in [-0.05, 0) is 17.9 Å². The van der Waals surface area contributed by atoms with Crippen molar-refractivity contribution < 1.29 is 4.79 Å². The van der Waals surface area contributed by atoms with E-state index < -0.39 is 0 Å². The van der Waals surface area contributed by atoms with Gasteiger partial charge in [0.1, 0.15) is 0 Å². The van der Waals surface area contributed by atoms with Gasteiger partial charge in [-0.1, -0.05) is 30.3 Å². The highest BCUT2D eigenvalue weighted by Gasteiger charge is 2.64. The summed E-state index contributed by atoms with van der Waals surface area (Å²) in [4.78, 5) is 11.6. The zero-order valence-corrected chi connectivity index (χ0v) is 7.29. The van der Waals surface area contributed by atoms with Gasteiger partial charge in [0.05, 0.1) is 5.41 Å². The Morgan fingerprint density at radius 3 is 2.62 bits per heavy atom. The van der Waals surface area contributed by atoms with E-state index in [0.29, 0.717) is 5.92 Å². The number of fused-ring (bicyclic) bond motifs is 1. The first-order valence-electron chi connectivity index (χ1n) is 4.68. The van der Waals surface area contributed by atoms with Gasteiger partial charge >= 0.3 is 0 Å². The van der Waals surface area contributed by atoms with Gasteiger partial charge in [-0.25, -0.2) is 0 Å².